The largest absolute Gasteiger partial charge is 0.324 e. The molecule has 0 aliphatic carbocycles. The maximum absolute atomic E-state index is 12.7. The molecule has 0 bridgehead atoms. The van der Waals surface area contributed by atoms with Gasteiger partial charge in [-0.05, 0) is 38.3 Å². The highest BCUT2D eigenvalue weighted by Gasteiger charge is 2.37. The summed E-state index contributed by atoms with van der Waals surface area (Å²) < 4.78 is 30.9. The average molecular weight is 334 g/mol. The highest BCUT2D eigenvalue weighted by atomic mass is 32.2. The van der Waals surface area contributed by atoms with Crippen LogP contribution < -0.4 is 0 Å². The number of benzene rings is 1. The van der Waals surface area contributed by atoms with Crippen LogP contribution in [-0.4, -0.2) is 52.8 Å². The van der Waals surface area contributed by atoms with E-state index in [0.29, 0.717) is 26.2 Å². The number of aryl methyl sites for hydroxylation is 1. The number of para-hydroxylation sites is 2. The second-order valence-corrected chi connectivity index (χ2v) is 8.36. The van der Waals surface area contributed by atoms with Crippen molar-refractivity contribution in [3.05, 3.63) is 30.1 Å². The molecule has 23 heavy (non-hydrogen) atoms. The summed E-state index contributed by atoms with van der Waals surface area (Å²) >= 11 is 0. The minimum absolute atomic E-state index is 0.166. The normalized spacial score (nSPS) is 24.0. The molecular weight excluding hydrogens is 312 g/mol. The highest BCUT2D eigenvalue weighted by molar-refractivity contribution is 7.86. The van der Waals surface area contributed by atoms with Crippen molar-refractivity contribution < 1.29 is 8.42 Å². The summed E-state index contributed by atoms with van der Waals surface area (Å²) in [6.45, 7) is 4.46. The van der Waals surface area contributed by atoms with Gasteiger partial charge in [0, 0.05) is 26.2 Å². The molecule has 0 spiro atoms. The van der Waals surface area contributed by atoms with E-state index in [1.165, 1.54) is 0 Å². The Bertz CT molecular complexity index is 824. The van der Waals surface area contributed by atoms with Crippen LogP contribution in [0.2, 0.25) is 0 Å². The number of fused-ring (bicyclic) bond motifs is 1. The van der Waals surface area contributed by atoms with Crippen LogP contribution in [0.15, 0.2) is 24.3 Å². The van der Waals surface area contributed by atoms with Crippen molar-refractivity contribution >= 4 is 21.2 Å². The molecule has 7 heteroatoms. The van der Waals surface area contributed by atoms with Crippen molar-refractivity contribution in [1.29, 1.82) is 0 Å². The second-order valence-electron chi connectivity index (χ2n) is 6.43. The molecule has 124 valence electrons. The van der Waals surface area contributed by atoms with Crippen molar-refractivity contribution in [1.82, 2.24) is 18.2 Å². The summed E-state index contributed by atoms with van der Waals surface area (Å²) in [4.78, 5) is 4.61. The van der Waals surface area contributed by atoms with E-state index in [2.05, 4.69) is 15.6 Å². The van der Waals surface area contributed by atoms with E-state index in [-0.39, 0.29) is 6.04 Å². The van der Waals surface area contributed by atoms with Crippen molar-refractivity contribution in [3.8, 4) is 0 Å². The Labute approximate surface area is 136 Å². The van der Waals surface area contributed by atoms with Crippen LogP contribution in [0, 0.1) is 6.92 Å². The molecule has 2 aliphatic rings. The van der Waals surface area contributed by atoms with Gasteiger partial charge in [0.2, 0.25) is 0 Å². The van der Waals surface area contributed by atoms with Crippen LogP contribution in [0.4, 0.5) is 0 Å². The Kier molecular flexibility index (Phi) is 3.66. The molecule has 0 radical (unpaired) electrons. The van der Waals surface area contributed by atoms with Gasteiger partial charge in [-0.25, -0.2) is 4.98 Å². The van der Waals surface area contributed by atoms with E-state index in [1.54, 1.807) is 8.61 Å². The van der Waals surface area contributed by atoms with Crippen molar-refractivity contribution in [2.24, 2.45) is 0 Å². The standard InChI is InChI=1S/C16H22N4O2S/c1-13-17-15-6-2-3-7-16(15)20(13)14-8-11-19(12-14)23(21,22)18-9-4-5-10-18/h2-3,6-7,14H,4-5,8-12H2,1H3/t14-/m1/s1. The summed E-state index contributed by atoms with van der Waals surface area (Å²) in [7, 11) is -3.30. The second kappa shape index (κ2) is 5.58. The van der Waals surface area contributed by atoms with Gasteiger partial charge in [0.05, 0.1) is 17.1 Å². The third-order valence-electron chi connectivity index (χ3n) is 4.98. The van der Waals surface area contributed by atoms with Crippen LogP contribution in [0.3, 0.4) is 0 Å². The molecule has 2 saturated heterocycles. The fourth-order valence-electron chi connectivity index (χ4n) is 3.84. The first-order valence-corrected chi connectivity index (χ1v) is 9.66. The first kappa shape index (κ1) is 15.1. The average Bonchev–Trinajstić information content (AvgIpc) is 3.26. The Hall–Kier alpha value is -1.44. The van der Waals surface area contributed by atoms with E-state index in [9.17, 15) is 8.42 Å². The van der Waals surface area contributed by atoms with Gasteiger partial charge in [0.15, 0.2) is 0 Å². The molecule has 6 nitrogen and oxygen atoms in total. The van der Waals surface area contributed by atoms with Gasteiger partial charge in [-0.2, -0.15) is 17.0 Å². The summed E-state index contributed by atoms with van der Waals surface area (Å²) in [5.41, 5.74) is 2.07. The first-order chi connectivity index (χ1) is 11.1. The van der Waals surface area contributed by atoms with Crippen LogP contribution in [0.25, 0.3) is 11.0 Å². The third-order valence-corrected chi connectivity index (χ3v) is 6.98. The molecule has 2 aliphatic heterocycles. The Morgan fingerprint density at radius 2 is 1.83 bits per heavy atom. The minimum atomic E-state index is -3.30. The van der Waals surface area contributed by atoms with E-state index in [4.69, 9.17) is 0 Å². The molecule has 4 rings (SSSR count). The molecule has 0 saturated carbocycles. The van der Waals surface area contributed by atoms with Crippen LogP contribution >= 0.6 is 0 Å². The Morgan fingerprint density at radius 1 is 1.09 bits per heavy atom. The lowest BCUT2D eigenvalue weighted by atomic mass is 10.2. The zero-order valence-corrected chi connectivity index (χ0v) is 14.2. The quantitative estimate of drug-likeness (QED) is 0.862. The Balaban J connectivity index is 1.62. The SMILES string of the molecule is Cc1nc2ccccc2n1[C@@H]1CCN(S(=O)(=O)N2CCCC2)C1. The fraction of sp³-hybridized carbons (Fsp3) is 0.562. The van der Waals surface area contributed by atoms with Crippen molar-refractivity contribution in [2.75, 3.05) is 26.2 Å². The lowest BCUT2D eigenvalue weighted by molar-refractivity contribution is 0.388. The number of rotatable bonds is 3. The van der Waals surface area contributed by atoms with Gasteiger partial charge < -0.3 is 4.57 Å². The minimum Gasteiger partial charge on any atom is -0.324 e. The smallest absolute Gasteiger partial charge is 0.282 e. The van der Waals surface area contributed by atoms with E-state index >= 15 is 0 Å². The predicted octanol–water partition coefficient (Wildman–Crippen LogP) is 1.93. The van der Waals surface area contributed by atoms with Crippen LogP contribution in [-0.2, 0) is 10.2 Å². The number of hydrogen-bond acceptors (Lipinski definition) is 3. The molecule has 0 amide bonds. The Morgan fingerprint density at radius 3 is 2.61 bits per heavy atom. The fourth-order valence-corrected chi connectivity index (χ4v) is 5.58. The molecule has 3 heterocycles. The van der Waals surface area contributed by atoms with E-state index in [0.717, 1.165) is 36.1 Å². The molecule has 0 unspecified atom stereocenters. The molecule has 1 atom stereocenters. The molecule has 1 aromatic carbocycles. The lowest BCUT2D eigenvalue weighted by Crippen LogP contribution is -2.41. The monoisotopic (exact) mass is 334 g/mol. The summed E-state index contributed by atoms with van der Waals surface area (Å²) in [6, 6.07) is 8.23. The molecule has 2 fully saturated rings. The number of hydrogen-bond donors (Lipinski definition) is 0. The molecule has 2 aromatic rings. The highest BCUT2D eigenvalue weighted by Crippen LogP contribution is 2.30. The molecular formula is C16H22N4O2S. The van der Waals surface area contributed by atoms with Gasteiger partial charge in [0.1, 0.15) is 5.82 Å². The van der Waals surface area contributed by atoms with Gasteiger partial charge >= 0.3 is 0 Å². The number of nitrogens with zero attached hydrogens (tertiary/aromatic N) is 4. The zero-order valence-electron chi connectivity index (χ0n) is 13.4. The van der Waals surface area contributed by atoms with E-state index < -0.39 is 10.2 Å². The number of imidazole rings is 1. The van der Waals surface area contributed by atoms with Crippen LogP contribution in [0.1, 0.15) is 31.1 Å². The van der Waals surface area contributed by atoms with Gasteiger partial charge in [-0.3, -0.25) is 0 Å². The van der Waals surface area contributed by atoms with E-state index in [1.807, 2.05) is 25.1 Å². The molecule has 1 aromatic heterocycles. The maximum Gasteiger partial charge on any atom is 0.282 e. The number of aromatic nitrogens is 2. The van der Waals surface area contributed by atoms with Crippen molar-refractivity contribution in [3.63, 3.8) is 0 Å². The lowest BCUT2D eigenvalue weighted by Gasteiger charge is -2.23. The summed E-state index contributed by atoms with van der Waals surface area (Å²) in [5.74, 6) is 0.955. The third kappa shape index (κ3) is 2.47. The molecule has 0 N–H and O–H groups in total. The maximum atomic E-state index is 12.7. The van der Waals surface area contributed by atoms with Gasteiger partial charge in [-0.15, -0.1) is 0 Å². The zero-order chi connectivity index (χ0) is 16.0. The predicted molar refractivity (Wildman–Crippen MR) is 89.4 cm³/mol. The van der Waals surface area contributed by atoms with Crippen LogP contribution in [0.5, 0.6) is 0 Å². The summed E-state index contributed by atoms with van der Waals surface area (Å²) in [6.07, 6.45) is 2.79. The van der Waals surface area contributed by atoms with Gasteiger partial charge in [0.25, 0.3) is 10.2 Å². The van der Waals surface area contributed by atoms with Gasteiger partial charge in [-0.1, -0.05) is 12.1 Å². The topological polar surface area (TPSA) is 58.4 Å². The van der Waals surface area contributed by atoms with Crippen molar-refractivity contribution in [2.45, 2.75) is 32.2 Å². The summed E-state index contributed by atoms with van der Waals surface area (Å²) in [5, 5.41) is 0. The first-order valence-electron chi connectivity index (χ1n) is 8.26.